The highest BCUT2D eigenvalue weighted by atomic mass is 19.4. The van der Waals surface area contributed by atoms with E-state index in [2.05, 4.69) is 9.88 Å². The van der Waals surface area contributed by atoms with Gasteiger partial charge in [0.1, 0.15) is 6.54 Å². The van der Waals surface area contributed by atoms with Crippen molar-refractivity contribution < 1.29 is 18.0 Å². The lowest BCUT2D eigenvalue weighted by Gasteiger charge is -2.31. The van der Waals surface area contributed by atoms with Crippen LogP contribution in [0.2, 0.25) is 0 Å². The Kier molecular flexibility index (Phi) is 4.03. The minimum absolute atomic E-state index is 0.0830. The van der Waals surface area contributed by atoms with Crippen molar-refractivity contribution in [1.29, 1.82) is 0 Å². The summed E-state index contributed by atoms with van der Waals surface area (Å²) in [6, 6.07) is 0.310. The highest BCUT2D eigenvalue weighted by molar-refractivity contribution is 5.93. The van der Waals surface area contributed by atoms with Gasteiger partial charge in [-0.2, -0.15) is 13.2 Å². The van der Waals surface area contributed by atoms with Gasteiger partial charge in [-0.1, -0.05) is 0 Å². The van der Waals surface area contributed by atoms with Crippen molar-refractivity contribution in [3.8, 4) is 0 Å². The van der Waals surface area contributed by atoms with Gasteiger partial charge in [0.05, 0.1) is 12.0 Å². The van der Waals surface area contributed by atoms with Gasteiger partial charge in [0.2, 0.25) is 0 Å². The number of imidazole rings is 1. The van der Waals surface area contributed by atoms with Gasteiger partial charge in [0.25, 0.3) is 5.91 Å². The Morgan fingerprint density at radius 1 is 1.45 bits per heavy atom. The monoisotopic (exact) mass is 290 g/mol. The van der Waals surface area contributed by atoms with Gasteiger partial charge in [-0.3, -0.25) is 9.69 Å². The number of alkyl halides is 3. The topological polar surface area (TPSA) is 50.2 Å². The molecule has 112 valence electrons. The van der Waals surface area contributed by atoms with Crippen LogP contribution in [0, 0.1) is 0 Å². The second-order valence-corrected chi connectivity index (χ2v) is 5.10. The molecule has 1 aromatic heterocycles. The van der Waals surface area contributed by atoms with E-state index < -0.39 is 18.6 Å². The largest absolute Gasteiger partial charge is 0.405 e. The molecule has 1 aliphatic rings. The zero-order valence-corrected chi connectivity index (χ0v) is 11.4. The van der Waals surface area contributed by atoms with Crippen LogP contribution < -0.4 is 5.32 Å². The smallest absolute Gasteiger partial charge is 0.342 e. The van der Waals surface area contributed by atoms with Crippen LogP contribution in [0.3, 0.4) is 0 Å². The number of rotatable bonds is 3. The number of amides is 1. The molecule has 0 radical (unpaired) electrons. The molecule has 0 saturated heterocycles. The Labute approximate surface area is 114 Å². The van der Waals surface area contributed by atoms with Gasteiger partial charge in [-0.05, 0) is 13.8 Å². The van der Waals surface area contributed by atoms with Gasteiger partial charge >= 0.3 is 6.18 Å². The molecule has 0 aliphatic carbocycles. The first-order chi connectivity index (χ1) is 9.28. The molecule has 2 rings (SSSR count). The zero-order valence-electron chi connectivity index (χ0n) is 11.4. The summed E-state index contributed by atoms with van der Waals surface area (Å²) in [5.41, 5.74) is 0.754. The van der Waals surface area contributed by atoms with E-state index in [0.29, 0.717) is 24.8 Å². The highest BCUT2D eigenvalue weighted by Gasteiger charge is 2.30. The third-order valence-corrected chi connectivity index (χ3v) is 3.32. The van der Waals surface area contributed by atoms with E-state index in [1.807, 2.05) is 23.7 Å². The predicted octanol–water partition coefficient (Wildman–Crippen LogP) is 1.40. The van der Waals surface area contributed by atoms with Crippen molar-refractivity contribution in [3.63, 3.8) is 0 Å². The van der Waals surface area contributed by atoms with E-state index in [9.17, 15) is 18.0 Å². The summed E-state index contributed by atoms with van der Waals surface area (Å²) in [5.74, 6) is -0.776. The SMILES string of the molecule is CC(C)N1CCn2cnc(C(=O)NCC(F)(F)F)c2C1. The van der Waals surface area contributed by atoms with Crippen molar-refractivity contribution in [1.82, 2.24) is 19.8 Å². The molecular weight excluding hydrogens is 273 g/mol. The lowest BCUT2D eigenvalue weighted by atomic mass is 10.2. The number of hydrogen-bond acceptors (Lipinski definition) is 3. The maximum atomic E-state index is 12.1. The fraction of sp³-hybridized carbons (Fsp3) is 0.667. The molecule has 1 aromatic rings. The van der Waals surface area contributed by atoms with Crippen LogP contribution in [-0.4, -0.2) is 45.7 Å². The molecule has 8 heteroatoms. The third-order valence-electron chi connectivity index (χ3n) is 3.32. The molecule has 0 unspecified atom stereocenters. The number of nitrogens with zero attached hydrogens (tertiary/aromatic N) is 3. The van der Waals surface area contributed by atoms with Gasteiger partial charge in [0, 0.05) is 25.7 Å². The summed E-state index contributed by atoms with van der Waals surface area (Å²) in [6.45, 7) is 4.78. The lowest BCUT2D eigenvalue weighted by molar-refractivity contribution is -0.123. The molecule has 20 heavy (non-hydrogen) atoms. The van der Waals surface area contributed by atoms with Crippen LogP contribution in [0.25, 0.3) is 0 Å². The molecule has 0 bridgehead atoms. The van der Waals surface area contributed by atoms with E-state index in [1.165, 1.54) is 6.33 Å². The molecular formula is C12H17F3N4O. The molecule has 0 saturated carbocycles. The third kappa shape index (κ3) is 3.30. The first kappa shape index (κ1) is 14.8. The molecule has 0 fully saturated rings. The van der Waals surface area contributed by atoms with Gasteiger partial charge in [-0.25, -0.2) is 4.98 Å². The van der Waals surface area contributed by atoms with E-state index in [4.69, 9.17) is 0 Å². The second kappa shape index (κ2) is 5.43. The summed E-state index contributed by atoms with van der Waals surface area (Å²) in [4.78, 5) is 17.9. The Morgan fingerprint density at radius 2 is 2.15 bits per heavy atom. The molecule has 0 spiro atoms. The summed E-state index contributed by atoms with van der Waals surface area (Å²) < 4.78 is 38.2. The van der Waals surface area contributed by atoms with Crippen molar-refractivity contribution in [2.45, 2.75) is 39.2 Å². The van der Waals surface area contributed by atoms with Gasteiger partial charge in [-0.15, -0.1) is 0 Å². The van der Waals surface area contributed by atoms with Crippen molar-refractivity contribution >= 4 is 5.91 Å². The molecule has 1 aliphatic heterocycles. The quantitative estimate of drug-likeness (QED) is 0.915. The van der Waals surface area contributed by atoms with Crippen molar-refractivity contribution in [2.24, 2.45) is 0 Å². The number of nitrogens with one attached hydrogen (secondary N) is 1. The minimum Gasteiger partial charge on any atom is -0.342 e. The maximum Gasteiger partial charge on any atom is 0.405 e. The second-order valence-electron chi connectivity index (χ2n) is 5.10. The number of halogens is 3. The normalized spacial score (nSPS) is 16.3. The maximum absolute atomic E-state index is 12.1. The number of carbonyl (C=O) groups is 1. The molecule has 0 atom stereocenters. The number of aromatic nitrogens is 2. The lowest BCUT2D eigenvalue weighted by Crippen LogP contribution is -2.39. The van der Waals surface area contributed by atoms with Crippen LogP contribution >= 0.6 is 0 Å². The number of hydrogen-bond donors (Lipinski definition) is 1. The molecule has 2 heterocycles. The summed E-state index contributed by atoms with van der Waals surface area (Å²) >= 11 is 0. The average molecular weight is 290 g/mol. The Hall–Kier alpha value is -1.57. The highest BCUT2D eigenvalue weighted by Crippen LogP contribution is 2.18. The predicted molar refractivity (Wildman–Crippen MR) is 66.2 cm³/mol. The van der Waals surface area contributed by atoms with Crippen LogP contribution in [0.4, 0.5) is 13.2 Å². The van der Waals surface area contributed by atoms with Crippen molar-refractivity contribution in [3.05, 3.63) is 17.7 Å². The van der Waals surface area contributed by atoms with E-state index >= 15 is 0 Å². The molecule has 1 amide bonds. The van der Waals surface area contributed by atoms with Gasteiger partial charge in [0.15, 0.2) is 5.69 Å². The summed E-state index contributed by atoms with van der Waals surface area (Å²) in [5, 5.41) is 1.86. The standard InChI is InChI=1S/C12H17F3N4O/c1-8(2)18-3-4-19-7-17-10(9(19)5-18)11(20)16-6-12(13,14)15/h7-8H,3-6H2,1-2H3,(H,16,20). The Bertz CT molecular complexity index is 495. The van der Waals surface area contributed by atoms with Crippen LogP contribution in [0.5, 0.6) is 0 Å². The van der Waals surface area contributed by atoms with Crippen LogP contribution in [0.1, 0.15) is 30.0 Å². The average Bonchev–Trinajstić information content (AvgIpc) is 2.77. The van der Waals surface area contributed by atoms with Gasteiger partial charge < -0.3 is 9.88 Å². The number of fused-ring (bicyclic) bond motifs is 1. The van der Waals surface area contributed by atoms with E-state index in [-0.39, 0.29) is 5.69 Å². The van der Waals surface area contributed by atoms with Crippen molar-refractivity contribution in [2.75, 3.05) is 13.1 Å². The zero-order chi connectivity index (χ0) is 14.9. The fourth-order valence-corrected chi connectivity index (χ4v) is 2.17. The molecule has 0 aromatic carbocycles. The first-order valence-corrected chi connectivity index (χ1v) is 6.41. The molecule has 5 nitrogen and oxygen atoms in total. The summed E-state index contributed by atoms with van der Waals surface area (Å²) in [7, 11) is 0. The van der Waals surface area contributed by atoms with E-state index in [1.54, 1.807) is 0 Å². The first-order valence-electron chi connectivity index (χ1n) is 6.41. The fourth-order valence-electron chi connectivity index (χ4n) is 2.17. The van der Waals surface area contributed by atoms with Crippen LogP contribution in [-0.2, 0) is 13.1 Å². The molecule has 1 N–H and O–H groups in total. The summed E-state index contributed by atoms with van der Waals surface area (Å²) in [6.07, 6.45) is -2.91. The Balaban J connectivity index is 2.11. The number of carbonyl (C=O) groups excluding carboxylic acids is 1. The Morgan fingerprint density at radius 3 is 2.75 bits per heavy atom. The minimum atomic E-state index is -4.42. The van der Waals surface area contributed by atoms with E-state index in [0.717, 1.165) is 6.54 Å². The van der Waals surface area contributed by atoms with Crippen LogP contribution in [0.15, 0.2) is 6.33 Å².